The molecule has 3 rings (SSSR count). The molecule has 0 saturated carbocycles. The molecular formula is C22H26N2O4S. The number of esters is 1. The number of likely N-dealkylation sites (tertiary alicyclic amines) is 1. The van der Waals surface area contributed by atoms with Crippen LogP contribution >= 0.6 is 11.3 Å². The van der Waals surface area contributed by atoms with E-state index in [9.17, 15) is 14.4 Å². The second kappa shape index (κ2) is 9.69. The van der Waals surface area contributed by atoms with E-state index in [0.29, 0.717) is 22.8 Å². The van der Waals surface area contributed by atoms with Gasteiger partial charge in [0, 0.05) is 19.1 Å². The molecule has 154 valence electrons. The van der Waals surface area contributed by atoms with Crippen molar-refractivity contribution in [2.24, 2.45) is 0 Å². The molecule has 1 aliphatic rings. The second-order valence-corrected chi connectivity index (χ2v) is 8.18. The van der Waals surface area contributed by atoms with Crippen LogP contribution in [-0.4, -0.2) is 48.9 Å². The monoisotopic (exact) mass is 414 g/mol. The van der Waals surface area contributed by atoms with Crippen molar-refractivity contribution in [3.8, 4) is 0 Å². The first kappa shape index (κ1) is 21.0. The summed E-state index contributed by atoms with van der Waals surface area (Å²) in [6.07, 6.45) is 2.20. The van der Waals surface area contributed by atoms with Crippen LogP contribution in [0.1, 0.15) is 57.0 Å². The van der Waals surface area contributed by atoms with Crippen molar-refractivity contribution in [2.75, 3.05) is 20.2 Å². The van der Waals surface area contributed by atoms with Crippen molar-refractivity contribution in [1.82, 2.24) is 10.2 Å². The van der Waals surface area contributed by atoms with Crippen LogP contribution in [-0.2, 0) is 9.53 Å². The number of rotatable bonds is 6. The molecule has 1 aromatic carbocycles. The summed E-state index contributed by atoms with van der Waals surface area (Å²) in [5, 5.41) is 3.02. The first-order chi connectivity index (χ1) is 14.0. The minimum Gasteiger partial charge on any atom is -0.465 e. The van der Waals surface area contributed by atoms with Gasteiger partial charge >= 0.3 is 5.97 Å². The Hall–Kier alpha value is -2.67. The van der Waals surface area contributed by atoms with Gasteiger partial charge in [-0.2, -0.15) is 0 Å². The Bertz CT molecular complexity index is 857. The molecule has 0 spiro atoms. The number of benzene rings is 1. The molecular weight excluding hydrogens is 388 g/mol. The Balaban J connectivity index is 1.53. The molecule has 29 heavy (non-hydrogen) atoms. The van der Waals surface area contributed by atoms with Crippen molar-refractivity contribution < 1.29 is 19.1 Å². The molecule has 2 amide bonds. The number of methoxy groups -OCH3 is 1. The van der Waals surface area contributed by atoms with Crippen LogP contribution in [0, 0.1) is 0 Å². The minimum atomic E-state index is -0.440. The first-order valence-electron chi connectivity index (χ1n) is 9.86. The first-order valence-corrected chi connectivity index (χ1v) is 10.7. The van der Waals surface area contributed by atoms with Gasteiger partial charge < -0.3 is 15.0 Å². The predicted octanol–water partition coefficient (Wildman–Crippen LogP) is 3.45. The van der Waals surface area contributed by atoms with E-state index >= 15 is 0 Å². The maximum absolute atomic E-state index is 13.0. The highest BCUT2D eigenvalue weighted by Gasteiger charge is 2.29. The van der Waals surface area contributed by atoms with Crippen LogP contribution in [0.4, 0.5) is 0 Å². The Morgan fingerprint density at radius 2 is 1.76 bits per heavy atom. The molecule has 6 nitrogen and oxygen atoms in total. The molecule has 1 N–H and O–H groups in total. The van der Waals surface area contributed by atoms with E-state index in [1.54, 1.807) is 12.1 Å². The normalized spacial score (nSPS) is 15.6. The van der Waals surface area contributed by atoms with E-state index < -0.39 is 5.97 Å². The molecule has 0 aliphatic carbocycles. The van der Waals surface area contributed by atoms with Crippen LogP contribution in [0.5, 0.6) is 0 Å². The summed E-state index contributed by atoms with van der Waals surface area (Å²) in [4.78, 5) is 39.8. The lowest BCUT2D eigenvalue weighted by molar-refractivity contribution is -0.134. The lowest BCUT2D eigenvalue weighted by Crippen LogP contribution is -2.47. The van der Waals surface area contributed by atoms with E-state index in [1.165, 1.54) is 7.11 Å². The predicted molar refractivity (Wildman–Crippen MR) is 112 cm³/mol. The molecule has 1 atom stereocenters. The third-order valence-electron chi connectivity index (χ3n) is 5.27. The fourth-order valence-electron chi connectivity index (χ4n) is 3.63. The zero-order chi connectivity index (χ0) is 20.8. The van der Waals surface area contributed by atoms with Gasteiger partial charge in [-0.25, -0.2) is 4.79 Å². The Morgan fingerprint density at radius 3 is 2.38 bits per heavy atom. The molecule has 0 bridgehead atoms. The summed E-state index contributed by atoms with van der Waals surface area (Å²) >= 11 is 1.12. The van der Waals surface area contributed by atoms with E-state index in [2.05, 4.69) is 10.1 Å². The Morgan fingerprint density at radius 1 is 1.10 bits per heavy atom. The molecule has 1 aliphatic heterocycles. The van der Waals surface area contributed by atoms with Gasteiger partial charge in [0.25, 0.3) is 5.91 Å². The van der Waals surface area contributed by atoms with Gasteiger partial charge in [-0.15, -0.1) is 11.3 Å². The Kier molecular flexibility index (Phi) is 7.04. The fraction of sp³-hybridized carbons (Fsp3) is 0.409. The van der Waals surface area contributed by atoms with Gasteiger partial charge in [-0.05, 0) is 37.0 Å². The summed E-state index contributed by atoms with van der Waals surface area (Å²) in [5.41, 5.74) is 1.05. The molecule has 2 heterocycles. The van der Waals surface area contributed by atoms with Gasteiger partial charge in [0.2, 0.25) is 5.91 Å². The number of carbonyl (C=O) groups is 3. The van der Waals surface area contributed by atoms with Gasteiger partial charge in [0.15, 0.2) is 0 Å². The maximum Gasteiger partial charge on any atom is 0.348 e. The van der Waals surface area contributed by atoms with Crippen LogP contribution in [0.15, 0.2) is 42.5 Å². The van der Waals surface area contributed by atoms with E-state index in [-0.39, 0.29) is 23.8 Å². The average Bonchev–Trinajstić information content (AvgIpc) is 3.25. The number of nitrogens with zero attached hydrogens (tertiary/aromatic N) is 1. The lowest BCUT2D eigenvalue weighted by atomic mass is 9.93. The molecule has 1 saturated heterocycles. The topological polar surface area (TPSA) is 75.7 Å². The minimum absolute atomic E-state index is 0.0204. The standard InChI is InChI=1S/C22H26N2O4S/c1-3-17(15-7-5-4-6-8-15)21(26)24-13-11-16(12-14-24)23-20(25)18-9-10-19(29-18)22(27)28-2/h4-10,16-17H,3,11-14H2,1-2H3,(H,23,25). The van der Waals surface area contributed by atoms with Crippen LogP contribution in [0.25, 0.3) is 0 Å². The number of amides is 2. The maximum atomic E-state index is 13.0. The smallest absolute Gasteiger partial charge is 0.348 e. The number of thiophene rings is 1. The molecule has 1 fully saturated rings. The van der Waals surface area contributed by atoms with Crippen molar-refractivity contribution in [2.45, 2.75) is 38.1 Å². The Labute approximate surface area is 174 Å². The third-order valence-corrected chi connectivity index (χ3v) is 6.33. The van der Waals surface area contributed by atoms with Gasteiger partial charge in [-0.3, -0.25) is 9.59 Å². The molecule has 2 aromatic rings. The lowest BCUT2D eigenvalue weighted by Gasteiger charge is -2.34. The number of hydrogen-bond acceptors (Lipinski definition) is 5. The summed E-state index contributed by atoms with van der Waals surface area (Å²) in [6.45, 7) is 3.29. The van der Waals surface area contributed by atoms with E-state index in [1.807, 2.05) is 42.2 Å². The van der Waals surface area contributed by atoms with Gasteiger partial charge in [-0.1, -0.05) is 37.3 Å². The highest BCUT2D eigenvalue weighted by atomic mass is 32.1. The van der Waals surface area contributed by atoms with Crippen LogP contribution in [0.3, 0.4) is 0 Å². The van der Waals surface area contributed by atoms with Crippen molar-refractivity contribution in [3.63, 3.8) is 0 Å². The zero-order valence-electron chi connectivity index (χ0n) is 16.7. The largest absolute Gasteiger partial charge is 0.465 e. The van der Waals surface area contributed by atoms with Gasteiger partial charge in [0.05, 0.1) is 17.9 Å². The average molecular weight is 415 g/mol. The van der Waals surface area contributed by atoms with Crippen molar-refractivity contribution in [1.29, 1.82) is 0 Å². The SMILES string of the molecule is CCC(C(=O)N1CCC(NC(=O)c2ccc(C(=O)OC)s2)CC1)c1ccccc1. The van der Waals surface area contributed by atoms with Crippen molar-refractivity contribution >= 4 is 29.1 Å². The number of hydrogen-bond donors (Lipinski definition) is 1. The van der Waals surface area contributed by atoms with Crippen molar-refractivity contribution in [3.05, 3.63) is 57.8 Å². The number of piperidine rings is 1. The highest BCUT2D eigenvalue weighted by molar-refractivity contribution is 7.15. The summed E-state index contributed by atoms with van der Waals surface area (Å²) in [6, 6.07) is 13.1. The molecule has 1 aromatic heterocycles. The van der Waals surface area contributed by atoms with Crippen LogP contribution < -0.4 is 5.32 Å². The summed E-state index contributed by atoms with van der Waals surface area (Å²) in [7, 11) is 1.32. The number of nitrogens with one attached hydrogen (secondary N) is 1. The van der Waals surface area contributed by atoms with Crippen LogP contribution in [0.2, 0.25) is 0 Å². The highest BCUT2D eigenvalue weighted by Crippen LogP contribution is 2.24. The fourth-order valence-corrected chi connectivity index (χ4v) is 4.46. The third kappa shape index (κ3) is 5.03. The second-order valence-electron chi connectivity index (χ2n) is 7.10. The summed E-state index contributed by atoms with van der Waals surface area (Å²) < 4.78 is 4.68. The van der Waals surface area contributed by atoms with E-state index in [0.717, 1.165) is 36.2 Å². The molecule has 1 unspecified atom stereocenters. The van der Waals surface area contributed by atoms with E-state index in [4.69, 9.17) is 0 Å². The quantitative estimate of drug-likeness (QED) is 0.735. The number of carbonyl (C=O) groups excluding carboxylic acids is 3. The molecule has 0 radical (unpaired) electrons. The zero-order valence-corrected chi connectivity index (χ0v) is 17.5. The van der Waals surface area contributed by atoms with Gasteiger partial charge in [0.1, 0.15) is 4.88 Å². The number of ether oxygens (including phenoxy) is 1. The molecule has 7 heteroatoms. The summed E-state index contributed by atoms with van der Waals surface area (Å²) in [5.74, 6) is -0.593.